The molecule has 0 unspecified atom stereocenters. The van der Waals surface area contributed by atoms with E-state index < -0.39 is 0 Å². The molecule has 11 aromatic rings. The van der Waals surface area contributed by atoms with E-state index in [1.807, 2.05) is 12.1 Å². The fourth-order valence-corrected chi connectivity index (χ4v) is 8.35. The number of anilines is 3. The molecule has 258 valence electrons. The summed E-state index contributed by atoms with van der Waals surface area (Å²) >= 11 is 0. The van der Waals surface area contributed by atoms with Gasteiger partial charge in [0.2, 0.25) is 0 Å². The van der Waals surface area contributed by atoms with Gasteiger partial charge in [0.05, 0.1) is 16.7 Å². The van der Waals surface area contributed by atoms with Crippen LogP contribution >= 0.6 is 0 Å². The molecule has 9 aromatic carbocycles. The van der Waals surface area contributed by atoms with E-state index in [1.165, 1.54) is 43.8 Å². The summed E-state index contributed by atoms with van der Waals surface area (Å²) in [6.07, 6.45) is 0. The van der Waals surface area contributed by atoms with Crippen LogP contribution < -0.4 is 4.90 Å². The van der Waals surface area contributed by atoms with Crippen LogP contribution in [0.15, 0.2) is 211 Å². The second kappa shape index (κ2) is 12.6. The number of furan rings is 1. The van der Waals surface area contributed by atoms with E-state index in [-0.39, 0.29) is 0 Å². The van der Waals surface area contributed by atoms with Crippen LogP contribution in [0.1, 0.15) is 0 Å². The number of para-hydroxylation sites is 2. The first kappa shape index (κ1) is 31.2. The third-order valence-electron chi connectivity index (χ3n) is 11.0. The van der Waals surface area contributed by atoms with Crippen molar-refractivity contribution in [2.45, 2.75) is 0 Å². The molecule has 0 radical (unpaired) electrons. The monoisotopic (exact) mass is 702 g/mol. The first-order valence-electron chi connectivity index (χ1n) is 18.8. The summed E-state index contributed by atoms with van der Waals surface area (Å²) in [4.78, 5) is 2.41. The third kappa shape index (κ3) is 5.20. The molecule has 0 aliphatic heterocycles. The summed E-state index contributed by atoms with van der Waals surface area (Å²) in [6.45, 7) is 0. The Morgan fingerprint density at radius 1 is 0.345 bits per heavy atom. The van der Waals surface area contributed by atoms with Crippen molar-refractivity contribution in [3.8, 4) is 27.9 Å². The van der Waals surface area contributed by atoms with Crippen LogP contribution in [0.25, 0.3) is 82.5 Å². The molecular weight excluding hydrogens is 669 g/mol. The Hall–Kier alpha value is -7.36. The predicted molar refractivity (Wildman–Crippen MR) is 231 cm³/mol. The smallest absolute Gasteiger partial charge is 0.135 e. The molecule has 2 heterocycles. The fourth-order valence-electron chi connectivity index (χ4n) is 8.35. The molecule has 0 atom stereocenters. The van der Waals surface area contributed by atoms with Gasteiger partial charge in [-0.15, -0.1) is 0 Å². The van der Waals surface area contributed by atoms with E-state index >= 15 is 0 Å². The topological polar surface area (TPSA) is 21.3 Å². The highest BCUT2D eigenvalue weighted by molar-refractivity contribution is 6.13. The minimum Gasteiger partial charge on any atom is -0.456 e. The SMILES string of the molecule is c1ccc(-c2ccc(N(c3ccc4c(c3)c3cc(-c5ccc6oc7ccccc7c6c5)ccc3n4-c3ccccc3)c3cccc4ccccc34)cc2)cc1. The number of rotatable bonds is 6. The molecule has 0 fully saturated rings. The molecule has 0 saturated carbocycles. The molecule has 0 amide bonds. The van der Waals surface area contributed by atoms with Crippen LogP contribution in [-0.2, 0) is 0 Å². The Balaban J connectivity index is 1.13. The molecule has 0 bridgehead atoms. The molecule has 3 heteroatoms. The standard InChI is InChI=1S/C52H34N2O/c1-3-12-35(13-4-1)36-22-26-41(27-23-36)53(48-20-11-15-37-14-7-8-18-43(37)48)42-28-30-50-46(34-42)45-32-38(24-29-49(45)54(50)40-16-5-2-6-17-40)39-25-31-52-47(33-39)44-19-9-10-21-51(44)55-52/h1-34H. The largest absolute Gasteiger partial charge is 0.456 e. The molecule has 0 N–H and O–H groups in total. The third-order valence-corrected chi connectivity index (χ3v) is 11.0. The minimum absolute atomic E-state index is 0.904. The number of hydrogen-bond donors (Lipinski definition) is 0. The average molecular weight is 703 g/mol. The van der Waals surface area contributed by atoms with Crippen molar-refractivity contribution in [3.05, 3.63) is 206 Å². The summed E-state index contributed by atoms with van der Waals surface area (Å²) in [5.74, 6) is 0. The van der Waals surface area contributed by atoms with Crippen molar-refractivity contribution in [2.75, 3.05) is 4.90 Å². The van der Waals surface area contributed by atoms with Crippen molar-refractivity contribution in [1.82, 2.24) is 4.57 Å². The fraction of sp³-hybridized carbons (Fsp3) is 0. The zero-order chi connectivity index (χ0) is 36.3. The minimum atomic E-state index is 0.904. The van der Waals surface area contributed by atoms with Crippen molar-refractivity contribution < 1.29 is 4.42 Å². The van der Waals surface area contributed by atoms with Crippen LogP contribution in [-0.4, -0.2) is 4.57 Å². The quantitative estimate of drug-likeness (QED) is 0.172. The van der Waals surface area contributed by atoms with Gasteiger partial charge in [0.15, 0.2) is 0 Å². The molecule has 0 saturated heterocycles. The summed E-state index contributed by atoms with van der Waals surface area (Å²) in [6, 6.07) is 74.1. The lowest BCUT2D eigenvalue weighted by Crippen LogP contribution is -2.10. The van der Waals surface area contributed by atoms with E-state index in [0.29, 0.717) is 0 Å². The molecule has 11 rings (SSSR count). The van der Waals surface area contributed by atoms with Crippen molar-refractivity contribution in [2.24, 2.45) is 0 Å². The van der Waals surface area contributed by atoms with Crippen LogP contribution in [0.5, 0.6) is 0 Å². The van der Waals surface area contributed by atoms with Gasteiger partial charge in [-0.05, 0) is 107 Å². The molecule has 0 spiro atoms. The summed E-state index contributed by atoms with van der Waals surface area (Å²) in [5.41, 5.74) is 13.3. The van der Waals surface area contributed by atoms with Gasteiger partial charge in [-0.2, -0.15) is 0 Å². The summed E-state index contributed by atoms with van der Waals surface area (Å²) in [5, 5.41) is 7.07. The van der Waals surface area contributed by atoms with Crippen LogP contribution in [0.4, 0.5) is 17.1 Å². The Labute approximate surface area is 318 Å². The molecule has 3 nitrogen and oxygen atoms in total. The van der Waals surface area contributed by atoms with Gasteiger partial charge in [-0.25, -0.2) is 0 Å². The zero-order valence-corrected chi connectivity index (χ0v) is 29.9. The number of nitrogens with zero attached hydrogens (tertiary/aromatic N) is 2. The first-order valence-corrected chi connectivity index (χ1v) is 18.8. The lowest BCUT2D eigenvalue weighted by atomic mass is 10.00. The molecule has 2 aromatic heterocycles. The highest BCUT2D eigenvalue weighted by Crippen LogP contribution is 2.43. The van der Waals surface area contributed by atoms with Crippen LogP contribution in [0, 0.1) is 0 Å². The van der Waals surface area contributed by atoms with Gasteiger partial charge in [-0.1, -0.05) is 127 Å². The Morgan fingerprint density at radius 3 is 1.73 bits per heavy atom. The van der Waals surface area contributed by atoms with Crippen LogP contribution in [0.2, 0.25) is 0 Å². The predicted octanol–water partition coefficient (Wildman–Crippen LogP) is 14.6. The van der Waals surface area contributed by atoms with Crippen LogP contribution in [0.3, 0.4) is 0 Å². The second-order valence-electron chi connectivity index (χ2n) is 14.2. The van der Waals surface area contributed by atoms with Gasteiger partial charge >= 0.3 is 0 Å². The lowest BCUT2D eigenvalue weighted by Gasteiger charge is -2.27. The normalized spacial score (nSPS) is 11.6. The second-order valence-corrected chi connectivity index (χ2v) is 14.2. The maximum absolute atomic E-state index is 6.18. The van der Waals surface area contributed by atoms with E-state index in [4.69, 9.17) is 4.42 Å². The number of hydrogen-bond acceptors (Lipinski definition) is 2. The maximum Gasteiger partial charge on any atom is 0.135 e. The average Bonchev–Trinajstić information content (AvgIpc) is 3.79. The maximum atomic E-state index is 6.18. The number of fused-ring (bicyclic) bond motifs is 7. The highest BCUT2D eigenvalue weighted by Gasteiger charge is 2.20. The highest BCUT2D eigenvalue weighted by atomic mass is 16.3. The van der Waals surface area contributed by atoms with Gasteiger partial charge in [0.25, 0.3) is 0 Å². The van der Waals surface area contributed by atoms with E-state index in [9.17, 15) is 0 Å². The first-order chi connectivity index (χ1) is 27.3. The summed E-state index contributed by atoms with van der Waals surface area (Å²) in [7, 11) is 0. The Bertz CT molecular complexity index is 3190. The number of benzene rings is 9. The van der Waals surface area contributed by atoms with Crippen molar-refractivity contribution >= 4 is 71.6 Å². The van der Waals surface area contributed by atoms with E-state index in [1.54, 1.807) is 0 Å². The van der Waals surface area contributed by atoms with Gasteiger partial charge in [0.1, 0.15) is 11.2 Å². The molecular formula is C52H34N2O. The van der Waals surface area contributed by atoms with E-state index in [2.05, 4.69) is 204 Å². The molecule has 0 aliphatic carbocycles. The van der Waals surface area contributed by atoms with Crippen molar-refractivity contribution in [1.29, 1.82) is 0 Å². The zero-order valence-electron chi connectivity index (χ0n) is 29.9. The lowest BCUT2D eigenvalue weighted by molar-refractivity contribution is 0.669. The van der Waals surface area contributed by atoms with Gasteiger partial charge in [0, 0.05) is 44.0 Å². The molecule has 55 heavy (non-hydrogen) atoms. The van der Waals surface area contributed by atoms with Gasteiger partial charge < -0.3 is 13.9 Å². The van der Waals surface area contributed by atoms with Gasteiger partial charge in [-0.3, -0.25) is 0 Å². The summed E-state index contributed by atoms with van der Waals surface area (Å²) < 4.78 is 8.57. The molecule has 0 aliphatic rings. The van der Waals surface area contributed by atoms with E-state index in [0.717, 1.165) is 55.8 Å². The Kier molecular flexibility index (Phi) is 7.17. The van der Waals surface area contributed by atoms with Crippen molar-refractivity contribution in [3.63, 3.8) is 0 Å². The Morgan fingerprint density at radius 2 is 0.909 bits per heavy atom. The number of aromatic nitrogens is 1.